The number of nitrogens with two attached hydrogens (primary N) is 1. The van der Waals surface area contributed by atoms with Crippen LogP contribution in [0.2, 0.25) is 0 Å². The molecule has 1 aromatic heterocycles. The molecule has 0 fully saturated rings. The molecule has 2 heterocycles. The van der Waals surface area contributed by atoms with Crippen molar-refractivity contribution in [3.63, 3.8) is 0 Å². The highest BCUT2D eigenvalue weighted by Crippen LogP contribution is 2.36. The number of carbonyl (C=O) groups excluding carboxylic acids is 1. The molecule has 1 aliphatic heterocycles. The molecule has 1 aliphatic rings. The highest BCUT2D eigenvalue weighted by atomic mass is 32.1. The molecule has 0 saturated heterocycles. The van der Waals surface area contributed by atoms with Gasteiger partial charge in [0.1, 0.15) is 6.07 Å². The number of halogens is 3. The second kappa shape index (κ2) is 8.61. The van der Waals surface area contributed by atoms with Gasteiger partial charge in [0.05, 0.1) is 16.9 Å². The van der Waals surface area contributed by atoms with Crippen molar-refractivity contribution in [2.75, 3.05) is 17.2 Å². The SMILES string of the molecule is N#Cc1nc(NC[C@@H](N)Cc2ccc(C(F)(F)F)cc2)sc1-c1ccc2c(c1)CC(=O)N2. The molecule has 0 spiro atoms. The maximum absolute atomic E-state index is 12.7. The van der Waals surface area contributed by atoms with Gasteiger partial charge in [0, 0.05) is 18.3 Å². The van der Waals surface area contributed by atoms with Crippen LogP contribution in [0, 0.1) is 11.3 Å². The second-order valence-electron chi connectivity index (χ2n) is 7.45. The summed E-state index contributed by atoms with van der Waals surface area (Å²) in [5, 5.41) is 15.9. The fourth-order valence-corrected chi connectivity index (χ4v) is 4.38. The Kier molecular flexibility index (Phi) is 5.86. The van der Waals surface area contributed by atoms with E-state index in [1.165, 1.54) is 23.5 Å². The van der Waals surface area contributed by atoms with Crippen LogP contribution in [-0.2, 0) is 23.8 Å². The van der Waals surface area contributed by atoms with Crippen molar-refractivity contribution in [2.24, 2.45) is 5.73 Å². The number of carbonyl (C=O) groups is 1. The number of aromatic nitrogens is 1. The second-order valence-corrected chi connectivity index (χ2v) is 8.44. The first-order chi connectivity index (χ1) is 15.2. The smallest absolute Gasteiger partial charge is 0.360 e. The van der Waals surface area contributed by atoms with Crippen LogP contribution in [-0.4, -0.2) is 23.5 Å². The molecular weight excluding hydrogens is 439 g/mol. The minimum Gasteiger partial charge on any atom is -0.360 e. The number of alkyl halides is 3. The van der Waals surface area contributed by atoms with Crippen molar-refractivity contribution in [2.45, 2.75) is 25.1 Å². The highest BCUT2D eigenvalue weighted by Gasteiger charge is 2.30. The van der Waals surface area contributed by atoms with Crippen molar-refractivity contribution >= 4 is 28.1 Å². The van der Waals surface area contributed by atoms with E-state index in [0.29, 0.717) is 35.0 Å². The van der Waals surface area contributed by atoms with Gasteiger partial charge in [-0.3, -0.25) is 4.79 Å². The van der Waals surface area contributed by atoms with Gasteiger partial charge in [0.25, 0.3) is 0 Å². The predicted octanol–water partition coefficient (Wildman–Crippen LogP) is 4.18. The van der Waals surface area contributed by atoms with Gasteiger partial charge >= 0.3 is 6.18 Å². The molecule has 4 rings (SSSR count). The summed E-state index contributed by atoms with van der Waals surface area (Å²) in [7, 11) is 0. The fourth-order valence-electron chi connectivity index (χ4n) is 3.46. The van der Waals surface area contributed by atoms with Gasteiger partial charge in [-0.1, -0.05) is 29.5 Å². The van der Waals surface area contributed by atoms with E-state index < -0.39 is 11.7 Å². The molecule has 0 unspecified atom stereocenters. The Morgan fingerprint density at radius 1 is 1.25 bits per heavy atom. The Morgan fingerprint density at radius 3 is 2.69 bits per heavy atom. The third kappa shape index (κ3) is 4.74. The molecule has 32 heavy (non-hydrogen) atoms. The molecule has 3 aromatic rings. The Balaban J connectivity index is 1.41. The standard InChI is InChI=1S/C22H18F3N5OS/c23-22(24,25)15-4-1-12(2-5-15)7-16(27)11-28-21-30-18(10-26)20(32-21)13-3-6-17-14(8-13)9-19(31)29-17/h1-6,8,16H,7,9,11,27H2,(H,28,30)(H,29,31)/t16-/m0/s1. The van der Waals surface area contributed by atoms with E-state index in [4.69, 9.17) is 5.73 Å². The van der Waals surface area contributed by atoms with E-state index in [2.05, 4.69) is 21.7 Å². The molecule has 0 aliphatic carbocycles. The van der Waals surface area contributed by atoms with Gasteiger partial charge < -0.3 is 16.4 Å². The molecule has 164 valence electrons. The van der Waals surface area contributed by atoms with Gasteiger partial charge in [-0.25, -0.2) is 4.98 Å². The number of amides is 1. The van der Waals surface area contributed by atoms with E-state index in [1.807, 2.05) is 18.2 Å². The van der Waals surface area contributed by atoms with Gasteiger partial charge in [0.2, 0.25) is 5.91 Å². The number of nitrogens with one attached hydrogen (secondary N) is 2. The minimum atomic E-state index is -4.37. The third-order valence-electron chi connectivity index (χ3n) is 5.02. The van der Waals surface area contributed by atoms with Gasteiger partial charge in [0.15, 0.2) is 10.8 Å². The van der Waals surface area contributed by atoms with Crippen molar-refractivity contribution < 1.29 is 18.0 Å². The number of nitrogens with zero attached hydrogens (tertiary/aromatic N) is 2. The first kappa shape index (κ1) is 21.8. The minimum absolute atomic E-state index is 0.0636. The summed E-state index contributed by atoms with van der Waals surface area (Å²) < 4.78 is 38.0. The predicted molar refractivity (Wildman–Crippen MR) is 116 cm³/mol. The molecule has 0 bridgehead atoms. The molecule has 2 aromatic carbocycles. The third-order valence-corrected chi connectivity index (χ3v) is 6.08. The molecule has 0 radical (unpaired) electrons. The molecule has 10 heteroatoms. The van der Waals surface area contributed by atoms with Crippen LogP contribution in [0.3, 0.4) is 0 Å². The van der Waals surface area contributed by atoms with Crippen LogP contribution in [0.25, 0.3) is 10.4 Å². The lowest BCUT2D eigenvalue weighted by atomic mass is 10.0. The molecular formula is C22H18F3N5OS. The van der Waals surface area contributed by atoms with Crippen LogP contribution in [0.4, 0.5) is 24.0 Å². The first-order valence-corrected chi connectivity index (χ1v) is 10.5. The average Bonchev–Trinajstić information content (AvgIpc) is 3.33. The number of thiazole rings is 1. The number of nitriles is 1. The van der Waals surface area contributed by atoms with Crippen LogP contribution in [0.1, 0.15) is 22.4 Å². The summed E-state index contributed by atoms with van der Waals surface area (Å²) in [5.41, 5.74) is 8.85. The lowest BCUT2D eigenvalue weighted by Crippen LogP contribution is -2.31. The number of benzene rings is 2. The monoisotopic (exact) mass is 457 g/mol. The summed E-state index contributed by atoms with van der Waals surface area (Å²) in [6.07, 6.45) is -3.68. The van der Waals surface area contributed by atoms with E-state index in [0.717, 1.165) is 28.9 Å². The van der Waals surface area contributed by atoms with E-state index in [9.17, 15) is 23.2 Å². The summed E-state index contributed by atoms with van der Waals surface area (Å²) in [6, 6.07) is 12.2. The normalized spacial score (nSPS) is 13.9. The van der Waals surface area contributed by atoms with Gasteiger partial charge in [-0.2, -0.15) is 18.4 Å². The molecule has 1 atom stereocenters. The Bertz CT molecular complexity index is 1200. The van der Waals surface area contributed by atoms with Crippen LogP contribution in [0.15, 0.2) is 42.5 Å². The van der Waals surface area contributed by atoms with E-state index in [-0.39, 0.29) is 17.6 Å². The number of hydrogen-bond donors (Lipinski definition) is 3. The molecule has 4 N–H and O–H groups in total. The summed E-state index contributed by atoms with van der Waals surface area (Å²) in [4.78, 5) is 16.6. The highest BCUT2D eigenvalue weighted by molar-refractivity contribution is 7.19. The van der Waals surface area contributed by atoms with Crippen LogP contribution < -0.4 is 16.4 Å². The lowest BCUT2D eigenvalue weighted by molar-refractivity contribution is -0.137. The first-order valence-electron chi connectivity index (χ1n) is 9.72. The number of rotatable bonds is 6. The topological polar surface area (TPSA) is 104 Å². The van der Waals surface area contributed by atoms with Gasteiger partial charge in [-0.05, 0) is 47.4 Å². The number of hydrogen-bond acceptors (Lipinski definition) is 6. The summed E-state index contributed by atoms with van der Waals surface area (Å²) in [6.45, 7) is 0.335. The zero-order valence-electron chi connectivity index (χ0n) is 16.7. The van der Waals surface area contributed by atoms with Crippen LogP contribution in [0.5, 0.6) is 0 Å². The van der Waals surface area contributed by atoms with E-state index in [1.54, 1.807) is 0 Å². The largest absolute Gasteiger partial charge is 0.416 e. The molecule has 1 amide bonds. The number of anilines is 2. The van der Waals surface area contributed by atoms with Crippen molar-refractivity contribution in [1.82, 2.24) is 4.98 Å². The van der Waals surface area contributed by atoms with Gasteiger partial charge in [-0.15, -0.1) is 0 Å². The number of fused-ring (bicyclic) bond motifs is 1. The summed E-state index contributed by atoms with van der Waals surface area (Å²) in [5.74, 6) is -0.0636. The lowest BCUT2D eigenvalue weighted by Gasteiger charge is -2.13. The molecule has 6 nitrogen and oxygen atoms in total. The van der Waals surface area contributed by atoms with Crippen molar-refractivity contribution in [1.29, 1.82) is 5.26 Å². The maximum atomic E-state index is 12.7. The summed E-state index contributed by atoms with van der Waals surface area (Å²) >= 11 is 1.31. The zero-order chi connectivity index (χ0) is 22.9. The maximum Gasteiger partial charge on any atom is 0.416 e. The fraction of sp³-hybridized carbons (Fsp3) is 0.227. The molecule has 0 saturated carbocycles. The zero-order valence-corrected chi connectivity index (χ0v) is 17.5. The Hall–Kier alpha value is -3.42. The van der Waals surface area contributed by atoms with E-state index >= 15 is 0 Å². The Labute approximate surface area is 185 Å². The van der Waals surface area contributed by atoms with Crippen molar-refractivity contribution in [3.8, 4) is 16.5 Å². The average molecular weight is 457 g/mol. The Morgan fingerprint density at radius 2 is 2.00 bits per heavy atom. The van der Waals surface area contributed by atoms with Crippen LogP contribution >= 0.6 is 11.3 Å². The van der Waals surface area contributed by atoms with Crippen molar-refractivity contribution in [3.05, 3.63) is 64.8 Å². The quantitative estimate of drug-likeness (QED) is 0.515.